The molecule has 0 N–H and O–H groups in total. The van der Waals surface area contributed by atoms with E-state index in [2.05, 4.69) is 24.0 Å². The second-order valence-corrected chi connectivity index (χ2v) is 5.33. The quantitative estimate of drug-likeness (QED) is 0.667. The number of carbonyl (C=O) groups is 1. The van der Waals surface area contributed by atoms with Crippen LogP contribution >= 0.6 is 0 Å². The summed E-state index contributed by atoms with van der Waals surface area (Å²) < 4.78 is 15.7. The van der Waals surface area contributed by atoms with Crippen molar-refractivity contribution in [2.75, 3.05) is 0 Å². The van der Waals surface area contributed by atoms with Crippen LogP contribution in [0.1, 0.15) is 41.6 Å². The van der Waals surface area contributed by atoms with E-state index >= 15 is 0 Å². The van der Waals surface area contributed by atoms with E-state index in [1.165, 1.54) is 11.8 Å². The van der Waals surface area contributed by atoms with E-state index in [4.69, 9.17) is 13.6 Å². The minimum absolute atomic E-state index is 0.0848. The number of ether oxygens (including phenoxy) is 1. The molecular formula is C17H16N2O4. The van der Waals surface area contributed by atoms with Gasteiger partial charge in [0.1, 0.15) is 0 Å². The third-order valence-electron chi connectivity index (χ3n) is 3.34. The third-order valence-corrected chi connectivity index (χ3v) is 3.34. The molecule has 0 saturated heterocycles. The lowest BCUT2D eigenvalue weighted by Crippen LogP contribution is -2.05. The summed E-state index contributed by atoms with van der Waals surface area (Å²) in [5.41, 5.74) is 1.65. The van der Waals surface area contributed by atoms with Crippen LogP contribution in [0.25, 0.3) is 11.7 Å². The van der Waals surface area contributed by atoms with Gasteiger partial charge in [-0.2, -0.15) is 0 Å². The number of benzene rings is 1. The lowest BCUT2D eigenvalue weighted by molar-refractivity contribution is 0.0438. The number of carbonyl (C=O) groups excluding carboxylic acids is 1. The van der Waals surface area contributed by atoms with Gasteiger partial charge in [-0.1, -0.05) is 26.0 Å². The van der Waals surface area contributed by atoms with Gasteiger partial charge in [0.05, 0.1) is 11.8 Å². The van der Waals surface area contributed by atoms with Gasteiger partial charge in [-0.05, 0) is 35.7 Å². The normalized spacial score (nSPS) is 10.9. The first-order chi connectivity index (χ1) is 11.1. The predicted molar refractivity (Wildman–Crippen MR) is 81.7 cm³/mol. The summed E-state index contributed by atoms with van der Waals surface area (Å²) in [5, 5.41) is 7.66. The van der Waals surface area contributed by atoms with Crippen LogP contribution in [0, 0.1) is 0 Å². The van der Waals surface area contributed by atoms with E-state index in [0.29, 0.717) is 17.2 Å². The number of esters is 1. The van der Waals surface area contributed by atoms with Crippen molar-refractivity contribution < 1.29 is 18.4 Å². The van der Waals surface area contributed by atoms with Crippen LogP contribution < -0.4 is 0 Å². The van der Waals surface area contributed by atoms with Crippen molar-refractivity contribution in [2.24, 2.45) is 0 Å². The molecule has 0 aliphatic heterocycles. The molecule has 2 heterocycles. The summed E-state index contributed by atoms with van der Waals surface area (Å²) >= 11 is 0. The Bertz CT molecular complexity index is 773. The molecule has 6 nitrogen and oxygen atoms in total. The van der Waals surface area contributed by atoms with E-state index in [1.54, 1.807) is 24.3 Å². The highest BCUT2D eigenvalue weighted by atomic mass is 16.5. The minimum Gasteiger partial charge on any atom is -0.459 e. The third kappa shape index (κ3) is 3.48. The Balaban J connectivity index is 1.60. The number of hydrogen-bond acceptors (Lipinski definition) is 6. The summed E-state index contributed by atoms with van der Waals surface area (Å²) in [4.78, 5) is 12.0. The van der Waals surface area contributed by atoms with E-state index < -0.39 is 5.97 Å². The van der Waals surface area contributed by atoms with Gasteiger partial charge in [0.2, 0.25) is 0 Å². The molecule has 2 aromatic heterocycles. The van der Waals surface area contributed by atoms with E-state index in [1.807, 2.05) is 12.1 Å². The Morgan fingerprint density at radius 1 is 1.17 bits per heavy atom. The molecule has 0 aliphatic carbocycles. The van der Waals surface area contributed by atoms with Crippen molar-refractivity contribution in [3.8, 4) is 11.7 Å². The number of nitrogens with zero attached hydrogens (tertiary/aromatic N) is 2. The molecule has 0 saturated carbocycles. The minimum atomic E-state index is -0.432. The molecule has 0 amide bonds. The molecule has 6 heteroatoms. The SMILES string of the molecule is CC(C)c1ccc(C(=O)OCc2nnc(-c3ccco3)o2)cc1. The molecule has 0 spiro atoms. The highest BCUT2D eigenvalue weighted by Crippen LogP contribution is 2.19. The Morgan fingerprint density at radius 3 is 2.61 bits per heavy atom. The fourth-order valence-electron chi connectivity index (χ4n) is 2.03. The van der Waals surface area contributed by atoms with Gasteiger partial charge in [0.15, 0.2) is 12.4 Å². The van der Waals surface area contributed by atoms with Crippen LogP contribution in [-0.2, 0) is 11.3 Å². The van der Waals surface area contributed by atoms with Gasteiger partial charge >= 0.3 is 5.97 Å². The lowest BCUT2D eigenvalue weighted by Gasteiger charge is -2.06. The average molecular weight is 312 g/mol. The molecule has 0 atom stereocenters. The first kappa shape index (κ1) is 15.0. The molecule has 118 valence electrons. The maximum atomic E-state index is 12.0. The Labute approximate surface area is 133 Å². The van der Waals surface area contributed by atoms with Crippen LogP contribution in [0.5, 0.6) is 0 Å². The highest BCUT2D eigenvalue weighted by molar-refractivity contribution is 5.89. The van der Waals surface area contributed by atoms with Gasteiger partial charge in [0.25, 0.3) is 11.8 Å². The molecule has 0 radical (unpaired) electrons. The zero-order valence-corrected chi connectivity index (χ0v) is 12.9. The van der Waals surface area contributed by atoms with Gasteiger partial charge in [-0.15, -0.1) is 10.2 Å². The number of furan rings is 1. The van der Waals surface area contributed by atoms with Gasteiger partial charge < -0.3 is 13.6 Å². The maximum absolute atomic E-state index is 12.0. The lowest BCUT2D eigenvalue weighted by atomic mass is 10.0. The van der Waals surface area contributed by atoms with Crippen molar-refractivity contribution in [3.05, 3.63) is 59.7 Å². The number of aromatic nitrogens is 2. The monoisotopic (exact) mass is 312 g/mol. The Hall–Kier alpha value is -2.89. The van der Waals surface area contributed by atoms with Gasteiger partial charge in [0, 0.05) is 0 Å². The number of rotatable bonds is 5. The molecule has 0 fully saturated rings. The molecule has 0 bridgehead atoms. The molecule has 3 aromatic rings. The largest absolute Gasteiger partial charge is 0.459 e. The highest BCUT2D eigenvalue weighted by Gasteiger charge is 2.13. The summed E-state index contributed by atoms with van der Waals surface area (Å²) in [7, 11) is 0. The van der Waals surface area contributed by atoms with Gasteiger partial charge in [-0.25, -0.2) is 4.79 Å². The zero-order valence-electron chi connectivity index (χ0n) is 12.9. The van der Waals surface area contributed by atoms with Crippen LogP contribution in [0.2, 0.25) is 0 Å². The summed E-state index contributed by atoms with van der Waals surface area (Å²) in [5.74, 6) is 0.918. The molecule has 3 rings (SSSR count). The van der Waals surface area contributed by atoms with Crippen molar-refractivity contribution >= 4 is 5.97 Å². The van der Waals surface area contributed by atoms with Crippen molar-refractivity contribution in [2.45, 2.75) is 26.4 Å². The second kappa shape index (κ2) is 6.48. The van der Waals surface area contributed by atoms with Crippen molar-refractivity contribution in [1.82, 2.24) is 10.2 Å². The van der Waals surface area contributed by atoms with E-state index in [9.17, 15) is 4.79 Å². The van der Waals surface area contributed by atoms with Crippen molar-refractivity contribution in [1.29, 1.82) is 0 Å². The fraction of sp³-hybridized carbons (Fsp3) is 0.235. The van der Waals surface area contributed by atoms with Crippen LogP contribution in [0.15, 0.2) is 51.5 Å². The van der Waals surface area contributed by atoms with Crippen LogP contribution in [-0.4, -0.2) is 16.2 Å². The Kier molecular flexibility index (Phi) is 4.23. The topological polar surface area (TPSA) is 78.4 Å². The maximum Gasteiger partial charge on any atom is 0.338 e. The molecular weight excluding hydrogens is 296 g/mol. The smallest absolute Gasteiger partial charge is 0.338 e. The summed E-state index contributed by atoms with van der Waals surface area (Å²) in [6, 6.07) is 10.8. The summed E-state index contributed by atoms with van der Waals surface area (Å²) in [6.45, 7) is 4.11. The van der Waals surface area contributed by atoms with E-state index in [-0.39, 0.29) is 18.4 Å². The first-order valence-electron chi connectivity index (χ1n) is 7.27. The zero-order chi connectivity index (χ0) is 16.2. The fourth-order valence-corrected chi connectivity index (χ4v) is 2.03. The molecule has 0 unspecified atom stereocenters. The predicted octanol–water partition coefficient (Wildman–Crippen LogP) is 3.81. The van der Waals surface area contributed by atoms with Crippen LogP contribution in [0.3, 0.4) is 0 Å². The Morgan fingerprint density at radius 2 is 1.96 bits per heavy atom. The van der Waals surface area contributed by atoms with Crippen molar-refractivity contribution in [3.63, 3.8) is 0 Å². The van der Waals surface area contributed by atoms with E-state index in [0.717, 1.165) is 0 Å². The first-order valence-corrected chi connectivity index (χ1v) is 7.27. The summed E-state index contributed by atoms with van der Waals surface area (Å²) in [6.07, 6.45) is 1.51. The molecule has 1 aromatic carbocycles. The average Bonchev–Trinajstić information content (AvgIpc) is 3.23. The molecule has 23 heavy (non-hydrogen) atoms. The standard InChI is InChI=1S/C17H16N2O4/c1-11(2)12-5-7-13(8-6-12)17(20)22-10-15-18-19-16(23-15)14-4-3-9-21-14/h3-9,11H,10H2,1-2H3. The van der Waals surface area contributed by atoms with Crippen LogP contribution in [0.4, 0.5) is 0 Å². The number of hydrogen-bond donors (Lipinski definition) is 0. The molecule has 0 aliphatic rings. The second-order valence-electron chi connectivity index (χ2n) is 5.33. The van der Waals surface area contributed by atoms with Gasteiger partial charge in [-0.3, -0.25) is 0 Å².